The maximum Gasteiger partial charge on any atom is 0.129 e. The third kappa shape index (κ3) is 4.15. The molecule has 0 aliphatic carbocycles. The Kier molecular flexibility index (Phi) is 5.04. The van der Waals surface area contributed by atoms with Crippen LogP contribution in [0.4, 0.5) is 0 Å². The van der Waals surface area contributed by atoms with Crippen LogP contribution in [0.15, 0.2) is 16.5 Å². The van der Waals surface area contributed by atoms with E-state index in [2.05, 4.69) is 5.32 Å². The summed E-state index contributed by atoms with van der Waals surface area (Å²) in [5, 5.41) is 12.2. The Morgan fingerprint density at radius 3 is 2.88 bits per heavy atom. The average molecular weight is 239 g/mol. The summed E-state index contributed by atoms with van der Waals surface area (Å²) in [5.74, 6) is 1.50. The number of aliphatic hydroxyl groups excluding tert-OH is 1. The molecule has 0 amide bonds. The van der Waals surface area contributed by atoms with Crippen molar-refractivity contribution in [2.45, 2.75) is 44.9 Å². The summed E-state index contributed by atoms with van der Waals surface area (Å²) >= 11 is 0. The smallest absolute Gasteiger partial charge is 0.129 e. The van der Waals surface area contributed by atoms with Gasteiger partial charge in [-0.25, -0.2) is 0 Å². The lowest BCUT2D eigenvalue weighted by Gasteiger charge is -2.22. The van der Waals surface area contributed by atoms with Crippen molar-refractivity contribution in [3.05, 3.63) is 23.7 Å². The van der Waals surface area contributed by atoms with Gasteiger partial charge in [-0.2, -0.15) is 0 Å². The zero-order valence-corrected chi connectivity index (χ0v) is 10.2. The second-order valence-corrected chi connectivity index (χ2v) is 4.48. The highest BCUT2D eigenvalue weighted by Crippen LogP contribution is 2.15. The minimum absolute atomic E-state index is 0.0318. The zero-order chi connectivity index (χ0) is 11.9. The van der Waals surface area contributed by atoms with E-state index in [1.54, 1.807) is 6.07 Å². The largest absolute Gasteiger partial charge is 0.462 e. The number of ether oxygens (including phenoxy) is 1. The highest BCUT2D eigenvalue weighted by atomic mass is 16.5. The van der Waals surface area contributed by atoms with E-state index in [0.717, 1.165) is 25.3 Å². The summed E-state index contributed by atoms with van der Waals surface area (Å²) in [5.41, 5.74) is 0. The molecule has 1 aliphatic rings. The Morgan fingerprint density at radius 2 is 2.18 bits per heavy atom. The van der Waals surface area contributed by atoms with Gasteiger partial charge in [-0.1, -0.05) is 0 Å². The van der Waals surface area contributed by atoms with Gasteiger partial charge in [-0.05, 0) is 44.4 Å². The fourth-order valence-corrected chi connectivity index (χ4v) is 2.11. The molecule has 96 valence electrons. The molecule has 1 aromatic rings. The fraction of sp³-hybridized carbons (Fsp3) is 0.692. The summed E-state index contributed by atoms with van der Waals surface area (Å²) in [7, 11) is 0. The SMILES string of the molecule is OCc1ccc(CNCCC2CCCCO2)o1. The summed E-state index contributed by atoms with van der Waals surface area (Å²) in [6, 6.07) is 3.71. The van der Waals surface area contributed by atoms with Crippen LogP contribution in [0.25, 0.3) is 0 Å². The standard InChI is InChI=1S/C13H21NO3/c15-10-13-5-4-12(17-13)9-14-7-6-11-3-1-2-8-16-11/h4-5,11,14-15H,1-3,6-10H2. The molecule has 1 saturated heterocycles. The highest BCUT2D eigenvalue weighted by molar-refractivity contribution is 5.05. The van der Waals surface area contributed by atoms with Gasteiger partial charge in [0.2, 0.25) is 0 Å². The maximum absolute atomic E-state index is 8.86. The number of hydrogen-bond acceptors (Lipinski definition) is 4. The molecule has 1 atom stereocenters. The second-order valence-electron chi connectivity index (χ2n) is 4.48. The lowest BCUT2D eigenvalue weighted by Crippen LogP contribution is -2.25. The number of hydrogen-bond donors (Lipinski definition) is 2. The van der Waals surface area contributed by atoms with Gasteiger partial charge in [0.1, 0.15) is 18.1 Å². The first-order valence-corrected chi connectivity index (χ1v) is 6.39. The maximum atomic E-state index is 8.86. The van der Waals surface area contributed by atoms with E-state index in [4.69, 9.17) is 14.3 Å². The second kappa shape index (κ2) is 6.79. The minimum Gasteiger partial charge on any atom is -0.462 e. The molecular weight excluding hydrogens is 218 g/mol. The topological polar surface area (TPSA) is 54.6 Å². The van der Waals surface area contributed by atoms with Gasteiger partial charge in [-0.3, -0.25) is 0 Å². The summed E-state index contributed by atoms with van der Waals surface area (Å²) < 4.78 is 11.0. The molecule has 0 spiro atoms. The van der Waals surface area contributed by atoms with Crippen LogP contribution in [0.2, 0.25) is 0 Å². The van der Waals surface area contributed by atoms with Crippen LogP contribution in [-0.2, 0) is 17.9 Å². The van der Waals surface area contributed by atoms with Gasteiger partial charge in [0.25, 0.3) is 0 Å². The molecule has 1 aliphatic heterocycles. The van der Waals surface area contributed by atoms with Crippen LogP contribution in [0.3, 0.4) is 0 Å². The minimum atomic E-state index is -0.0318. The average Bonchev–Trinajstić information content (AvgIpc) is 2.84. The van der Waals surface area contributed by atoms with Crippen LogP contribution in [0.1, 0.15) is 37.2 Å². The zero-order valence-electron chi connectivity index (χ0n) is 10.2. The lowest BCUT2D eigenvalue weighted by molar-refractivity contribution is 0.0115. The van der Waals surface area contributed by atoms with Crippen LogP contribution in [0, 0.1) is 0 Å². The van der Waals surface area contributed by atoms with E-state index in [9.17, 15) is 0 Å². The molecule has 0 saturated carbocycles. The van der Waals surface area contributed by atoms with Gasteiger partial charge in [0.05, 0.1) is 12.6 Å². The number of nitrogens with one attached hydrogen (secondary N) is 1. The van der Waals surface area contributed by atoms with E-state index in [1.807, 2.05) is 6.07 Å². The normalized spacial score (nSPS) is 20.6. The van der Waals surface area contributed by atoms with E-state index in [0.29, 0.717) is 18.4 Å². The first kappa shape index (κ1) is 12.6. The number of aliphatic hydroxyl groups is 1. The van der Waals surface area contributed by atoms with E-state index >= 15 is 0 Å². The highest BCUT2D eigenvalue weighted by Gasteiger charge is 2.12. The quantitative estimate of drug-likeness (QED) is 0.743. The molecule has 1 fully saturated rings. The predicted octanol–water partition coefficient (Wildman–Crippen LogP) is 1.82. The molecule has 2 heterocycles. The number of furan rings is 1. The summed E-state index contributed by atoms with van der Waals surface area (Å²) in [6.45, 7) is 2.55. The third-order valence-electron chi connectivity index (χ3n) is 3.09. The predicted molar refractivity (Wildman–Crippen MR) is 64.5 cm³/mol. The molecule has 4 nitrogen and oxygen atoms in total. The van der Waals surface area contributed by atoms with Crippen LogP contribution < -0.4 is 5.32 Å². The molecular formula is C13H21NO3. The number of rotatable bonds is 6. The van der Waals surface area contributed by atoms with Gasteiger partial charge in [0, 0.05) is 6.61 Å². The Bertz CT molecular complexity index is 318. The van der Waals surface area contributed by atoms with Crippen molar-refractivity contribution < 1.29 is 14.3 Å². The Balaban J connectivity index is 1.59. The van der Waals surface area contributed by atoms with E-state index < -0.39 is 0 Å². The molecule has 17 heavy (non-hydrogen) atoms. The van der Waals surface area contributed by atoms with Crippen molar-refractivity contribution in [2.24, 2.45) is 0 Å². The molecule has 1 unspecified atom stereocenters. The fourth-order valence-electron chi connectivity index (χ4n) is 2.11. The summed E-state index contributed by atoms with van der Waals surface area (Å²) in [6.07, 6.45) is 5.19. The van der Waals surface area contributed by atoms with Crippen LogP contribution >= 0.6 is 0 Å². The van der Waals surface area contributed by atoms with Gasteiger partial charge in [0.15, 0.2) is 0 Å². The van der Waals surface area contributed by atoms with Gasteiger partial charge in [-0.15, -0.1) is 0 Å². The van der Waals surface area contributed by atoms with E-state index in [-0.39, 0.29) is 6.61 Å². The first-order chi connectivity index (χ1) is 8.38. The molecule has 2 rings (SSSR count). The Hall–Kier alpha value is -0.840. The molecule has 0 aromatic carbocycles. The Morgan fingerprint density at radius 1 is 1.29 bits per heavy atom. The van der Waals surface area contributed by atoms with Crippen molar-refractivity contribution in [1.29, 1.82) is 0 Å². The molecule has 0 radical (unpaired) electrons. The van der Waals surface area contributed by atoms with Crippen molar-refractivity contribution >= 4 is 0 Å². The van der Waals surface area contributed by atoms with Crippen molar-refractivity contribution in [3.63, 3.8) is 0 Å². The van der Waals surface area contributed by atoms with Crippen molar-refractivity contribution in [2.75, 3.05) is 13.2 Å². The molecule has 0 bridgehead atoms. The monoisotopic (exact) mass is 239 g/mol. The van der Waals surface area contributed by atoms with Gasteiger partial charge < -0.3 is 19.6 Å². The summed E-state index contributed by atoms with van der Waals surface area (Å²) in [4.78, 5) is 0. The molecule has 2 N–H and O–H groups in total. The lowest BCUT2D eigenvalue weighted by atomic mass is 10.1. The Labute approximate surface area is 102 Å². The van der Waals surface area contributed by atoms with Crippen molar-refractivity contribution in [1.82, 2.24) is 5.32 Å². The van der Waals surface area contributed by atoms with Gasteiger partial charge >= 0.3 is 0 Å². The van der Waals surface area contributed by atoms with Crippen LogP contribution in [-0.4, -0.2) is 24.4 Å². The first-order valence-electron chi connectivity index (χ1n) is 6.39. The third-order valence-corrected chi connectivity index (χ3v) is 3.09. The molecule has 1 aromatic heterocycles. The molecule has 4 heteroatoms. The van der Waals surface area contributed by atoms with E-state index in [1.165, 1.54) is 19.3 Å². The van der Waals surface area contributed by atoms with Crippen LogP contribution in [0.5, 0.6) is 0 Å². The van der Waals surface area contributed by atoms with Crippen molar-refractivity contribution in [3.8, 4) is 0 Å².